The fourth-order valence-corrected chi connectivity index (χ4v) is 2.49. The van der Waals surface area contributed by atoms with Gasteiger partial charge in [0, 0.05) is 16.6 Å². The molecule has 0 atom stereocenters. The summed E-state index contributed by atoms with van der Waals surface area (Å²) in [4.78, 5) is 0. The zero-order valence-corrected chi connectivity index (χ0v) is 12.2. The highest BCUT2D eigenvalue weighted by Crippen LogP contribution is 2.30. The van der Waals surface area contributed by atoms with Crippen LogP contribution in [0.25, 0.3) is 0 Å². The van der Waals surface area contributed by atoms with Crippen LogP contribution in [0.3, 0.4) is 0 Å². The minimum absolute atomic E-state index is 0.507. The van der Waals surface area contributed by atoms with Crippen molar-refractivity contribution in [2.24, 2.45) is 0 Å². The third-order valence-electron chi connectivity index (χ3n) is 2.36. The summed E-state index contributed by atoms with van der Waals surface area (Å²) in [5.74, 6) is 0. The normalized spacial score (nSPS) is 10.4. The minimum atomic E-state index is 0.507. The molecular formula is C13H9Cl4N. The zero-order chi connectivity index (χ0) is 13.1. The van der Waals surface area contributed by atoms with Crippen LogP contribution in [0.2, 0.25) is 20.1 Å². The molecule has 0 fully saturated rings. The Morgan fingerprint density at radius 3 is 2.22 bits per heavy atom. The lowest BCUT2D eigenvalue weighted by Crippen LogP contribution is -2.00. The van der Waals surface area contributed by atoms with E-state index in [9.17, 15) is 0 Å². The van der Waals surface area contributed by atoms with Crippen molar-refractivity contribution < 1.29 is 0 Å². The van der Waals surface area contributed by atoms with E-state index in [1.807, 2.05) is 24.3 Å². The summed E-state index contributed by atoms with van der Waals surface area (Å²) < 4.78 is 0. The zero-order valence-electron chi connectivity index (χ0n) is 9.18. The van der Waals surface area contributed by atoms with Crippen LogP contribution in [0.15, 0.2) is 36.4 Å². The summed E-state index contributed by atoms with van der Waals surface area (Å²) in [6.45, 7) is 0.570. The van der Waals surface area contributed by atoms with E-state index in [2.05, 4.69) is 5.32 Å². The molecule has 0 aliphatic carbocycles. The van der Waals surface area contributed by atoms with Crippen LogP contribution in [0.1, 0.15) is 5.56 Å². The first kappa shape index (κ1) is 13.8. The van der Waals surface area contributed by atoms with Gasteiger partial charge in [-0.1, -0.05) is 52.5 Å². The monoisotopic (exact) mass is 319 g/mol. The van der Waals surface area contributed by atoms with Gasteiger partial charge in [0.15, 0.2) is 0 Å². The molecule has 0 spiro atoms. The van der Waals surface area contributed by atoms with E-state index in [4.69, 9.17) is 46.4 Å². The lowest BCUT2D eigenvalue weighted by Gasteiger charge is -2.10. The Labute approximate surface area is 126 Å². The molecule has 1 nitrogen and oxygen atoms in total. The predicted molar refractivity (Wildman–Crippen MR) is 80.3 cm³/mol. The smallest absolute Gasteiger partial charge is 0.0823 e. The first-order valence-corrected chi connectivity index (χ1v) is 6.70. The highest BCUT2D eigenvalue weighted by atomic mass is 35.5. The Morgan fingerprint density at radius 2 is 1.56 bits per heavy atom. The van der Waals surface area contributed by atoms with Gasteiger partial charge in [0.1, 0.15) is 0 Å². The van der Waals surface area contributed by atoms with Crippen LogP contribution in [0.4, 0.5) is 5.69 Å². The van der Waals surface area contributed by atoms with E-state index in [1.54, 1.807) is 12.1 Å². The quantitative estimate of drug-likeness (QED) is 0.741. The lowest BCUT2D eigenvalue weighted by molar-refractivity contribution is 1.15. The van der Waals surface area contributed by atoms with Crippen molar-refractivity contribution in [1.82, 2.24) is 0 Å². The molecule has 18 heavy (non-hydrogen) atoms. The van der Waals surface area contributed by atoms with Crippen molar-refractivity contribution in [2.75, 3.05) is 5.32 Å². The summed E-state index contributed by atoms with van der Waals surface area (Å²) in [6, 6.07) is 10.8. The molecule has 0 saturated heterocycles. The molecule has 0 heterocycles. The van der Waals surface area contributed by atoms with Crippen LogP contribution < -0.4 is 5.32 Å². The second-order valence-corrected chi connectivity index (χ2v) is 5.39. The molecule has 0 aliphatic rings. The van der Waals surface area contributed by atoms with Gasteiger partial charge in [-0.25, -0.2) is 0 Å². The fourth-order valence-electron chi connectivity index (χ4n) is 1.55. The van der Waals surface area contributed by atoms with E-state index >= 15 is 0 Å². The first-order valence-electron chi connectivity index (χ1n) is 5.19. The van der Waals surface area contributed by atoms with Crippen LogP contribution >= 0.6 is 46.4 Å². The lowest BCUT2D eigenvalue weighted by atomic mass is 10.2. The van der Waals surface area contributed by atoms with Gasteiger partial charge in [-0.2, -0.15) is 0 Å². The third-order valence-corrected chi connectivity index (χ3v) is 3.61. The topological polar surface area (TPSA) is 12.0 Å². The summed E-state index contributed by atoms with van der Waals surface area (Å²) in [6.07, 6.45) is 0. The maximum Gasteiger partial charge on any atom is 0.0823 e. The van der Waals surface area contributed by atoms with Crippen molar-refractivity contribution in [3.05, 3.63) is 62.1 Å². The van der Waals surface area contributed by atoms with E-state index in [1.165, 1.54) is 0 Å². The summed E-state index contributed by atoms with van der Waals surface area (Å²) in [7, 11) is 0. The van der Waals surface area contributed by atoms with Gasteiger partial charge in [-0.15, -0.1) is 0 Å². The highest BCUT2D eigenvalue weighted by molar-refractivity contribution is 6.43. The number of anilines is 1. The molecule has 0 amide bonds. The second kappa shape index (κ2) is 6.03. The van der Waals surface area contributed by atoms with Crippen LogP contribution in [0.5, 0.6) is 0 Å². The number of hydrogen-bond acceptors (Lipinski definition) is 1. The maximum atomic E-state index is 6.08. The van der Waals surface area contributed by atoms with Crippen molar-refractivity contribution >= 4 is 52.1 Å². The van der Waals surface area contributed by atoms with Gasteiger partial charge in [-0.05, 0) is 35.9 Å². The molecule has 1 N–H and O–H groups in total. The number of nitrogens with one attached hydrogen (secondary N) is 1. The van der Waals surface area contributed by atoms with E-state index < -0.39 is 0 Å². The van der Waals surface area contributed by atoms with Gasteiger partial charge < -0.3 is 5.32 Å². The molecule has 0 radical (unpaired) electrons. The third kappa shape index (κ3) is 3.46. The Hall–Kier alpha value is -0.600. The molecule has 0 bridgehead atoms. The van der Waals surface area contributed by atoms with Crippen molar-refractivity contribution in [3.8, 4) is 0 Å². The standard InChI is InChI=1S/C13H9Cl4N/c14-9-4-8(5-10(15)6-9)7-18-12-3-1-2-11(16)13(12)17/h1-6,18H,7H2. The molecule has 0 aliphatic heterocycles. The van der Waals surface area contributed by atoms with Gasteiger partial charge in [0.2, 0.25) is 0 Å². The summed E-state index contributed by atoms with van der Waals surface area (Å²) in [5.41, 5.74) is 1.75. The molecule has 0 saturated carbocycles. The van der Waals surface area contributed by atoms with Gasteiger partial charge in [0.25, 0.3) is 0 Å². The molecule has 2 aromatic rings. The SMILES string of the molecule is Clc1cc(Cl)cc(CNc2cccc(Cl)c2Cl)c1. The molecular weight excluding hydrogens is 312 g/mol. The number of rotatable bonds is 3. The first-order chi connectivity index (χ1) is 8.56. The average Bonchev–Trinajstić information content (AvgIpc) is 2.30. The summed E-state index contributed by atoms with van der Waals surface area (Å²) in [5, 5.41) is 5.43. The minimum Gasteiger partial charge on any atom is -0.380 e. The second-order valence-electron chi connectivity index (χ2n) is 3.73. The number of hydrogen-bond donors (Lipinski definition) is 1. The molecule has 0 unspecified atom stereocenters. The van der Waals surface area contributed by atoms with Gasteiger partial charge in [0.05, 0.1) is 15.7 Å². The largest absolute Gasteiger partial charge is 0.380 e. The Kier molecular flexibility index (Phi) is 4.63. The molecule has 2 aromatic carbocycles. The molecule has 2 rings (SSSR count). The van der Waals surface area contributed by atoms with Crippen LogP contribution in [-0.4, -0.2) is 0 Å². The van der Waals surface area contributed by atoms with Crippen molar-refractivity contribution in [1.29, 1.82) is 0 Å². The molecule has 5 heteroatoms. The predicted octanol–water partition coefficient (Wildman–Crippen LogP) is 5.91. The highest BCUT2D eigenvalue weighted by Gasteiger charge is 2.04. The summed E-state index contributed by atoms with van der Waals surface area (Å²) >= 11 is 23.9. The maximum absolute atomic E-state index is 6.08. The fraction of sp³-hybridized carbons (Fsp3) is 0.0769. The average molecular weight is 321 g/mol. The molecule has 0 aromatic heterocycles. The van der Waals surface area contributed by atoms with E-state index in [0.717, 1.165) is 11.3 Å². The van der Waals surface area contributed by atoms with E-state index in [0.29, 0.717) is 26.6 Å². The van der Waals surface area contributed by atoms with Crippen molar-refractivity contribution in [3.63, 3.8) is 0 Å². The Morgan fingerprint density at radius 1 is 0.889 bits per heavy atom. The number of halogens is 4. The van der Waals surface area contributed by atoms with Gasteiger partial charge >= 0.3 is 0 Å². The van der Waals surface area contributed by atoms with E-state index in [-0.39, 0.29) is 0 Å². The number of benzene rings is 2. The van der Waals surface area contributed by atoms with Gasteiger partial charge in [-0.3, -0.25) is 0 Å². The van der Waals surface area contributed by atoms with Crippen LogP contribution in [-0.2, 0) is 6.54 Å². The molecule has 94 valence electrons. The van der Waals surface area contributed by atoms with Crippen LogP contribution in [0, 0.1) is 0 Å². The van der Waals surface area contributed by atoms with Crippen molar-refractivity contribution in [2.45, 2.75) is 6.54 Å². The Bertz CT molecular complexity index is 549. The Balaban J connectivity index is 2.14.